The van der Waals surface area contributed by atoms with Gasteiger partial charge in [0.15, 0.2) is 0 Å². The zero-order valence-corrected chi connectivity index (χ0v) is 12.5. The molecule has 0 saturated carbocycles. The average molecular weight is 254 g/mol. The van der Waals surface area contributed by atoms with Crippen molar-refractivity contribution in [2.24, 2.45) is 0 Å². The van der Waals surface area contributed by atoms with Crippen molar-refractivity contribution in [2.45, 2.75) is 34.6 Å². The van der Waals surface area contributed by atoms with Crippen LogP contribution in [-0.2, 0) is 0 Å². The molecule has 0 aliphatic rings. The van der Waals surface area contributed by atoms with Crippen LogP contribution in [0.15, 0.2) is 18.2 Å². The van der Waals surface area contributed by atoms with Crippen LogP contribution in [0, 0.1) is 34.6 Å². The lowest BCUT2D eigenvalue weighted by molar-refractivity contribution is 1.26. The molecule has 0 saturated heterocycles. The number of fused-ring (bicyclic) bond motifs is 3. The summed E-state index contributed by atoms with van der Waals surface area (Å²) < 4.78 is 2.92. The third kappa shape index (κ3) is 1.37. The van der Waals surface area contributed by atoms with Crippen LogP contribution in [0.2, 0.25) is 0 Å². The van der Waals surface area contributed by atoms with Crippen molar-refractivity contribution in [1.82, 2.24) is 0 Å². The molecule has 0 amide bonds. The second-order valence-corrected chi connectivity index (χ2v) is 6.28. The summed E-state index contributed by atoms with van der Waals surface area (Å²) in [6.45, 7) is 11.2. The van der Waals surface area contributed by atoms with Gasteiger partial charge in [0, 0.05) is 20.2 Å². The molecule has 0 nitrogen and oxygen atoms in total. The first-order valence-electron chi connectivity index (χ1n) is 6.40. The molecule has 3 aromatic rings. The SMILES string of the molecule is Cc1c(C)c(C)c2c(sc3c(C)cccc32)c1C. The minimum atomic E-state index is 1.39. The molecule has 0 N–H and O–H groups in total. The molecule has 0 aliphatic heterocycles. The molecule has 0 radical (unpaired) electrons. The van der Waals surface area contributed by atoms with Crippen molar-refractivity contribution in [1.29, 1.82) is 0 Å². The molecule has 92 valence electrons. The monoisotopic (exact) mass is 254 g/mol. The molecule has 3 rings (SSSR count). The van der Waals surface area contributed by atoms with Gasteiger partial charge in [-0.1, -0.05) is 18.2 Å². The van der Waals surface area contributed by atoms with Crippen molar-refractivity contribution in [3.05, 3.63) is 46.0 Å². The predicted octanol–water partition coefficient (Wildman–Crippen LogP) is 5.60. The molecule has 1 heteroatoms. The molecular weight excluding hydrogens is 236 g/mol. The van der Waals surface area contributed by atoms with Crippen LogP contribution in [0.1, 0.15) is 27.8 Å². The number of thiophene rings is 1. The van der Waals surface area contributed by atoms with E-state index in [9.17, 15) is 0 Å². The summed E-state index contributed by atoms with van der Waals surface area (Å²) in [5.41, 5.74) is 7.19. The highest BCUT2D eigenvalue weighted by Crippen LogP contribution is 2.41. The molecule has 1 aromatic heterocycles. The predicted molar refractivity (Wildman–Crippen MR) is 83.0 cm³/mol. The minimum absolute atomic E-state index is 1.39. The van der Waals surface area contributed by atoms with Gasteiger partial charge in [-0.25, -0.2) is 0 Å². The Hall–Kier alpha value is -1.34. The Bertz CT molecular complexity index is 775. The molecule has 0 spiro atoms. The Morgan fingerprint density at radius 2 is 1.39 bits per heavy atom. The van der Waals surface area contributed by atoms with Gasteiger partial charge >= 0.3 is 0 Å². The first-order valence-corrected chi connectivity index (χ1v) is 7.22. The van der Waals surface area contributed by atoms with Crippen LogP contribution in [0.25, 0.3) is 20.2 Å². The quantitative estimate of drug-likeness (QED) is 0.490. The fraction of sp³-hybridized carbons (Fsp3) is 0.294. The van der Waals surface area contributed by atoms with Gasteiger partial charge in [-0.2, -0.15) is 0 Å². The van der Waals surface area contributed by atoms with Crippen molar-refractivity contribution in [3.8, 4) is 0 Å². The van der Waals surface area contributed by atoms with E-state index in [0.717, 1.165) is 0 Å². The maximum Gasteiger partial charge on any atom is 0.0390 e. The molecule has 18 heavy (non-hydrogen) atoms. The Morgan fingerprint density at radius 1 is 0.722 bits per heavy atom. The fourth-order valence-electron chi connectivity index (χ4n) is 2.82. The highest BCUT2D eigenvalue weighted by Gasteiger charge is 2.14. The second kappa shape index (κ2) is 3.83. The van der Waals surface area contributed by atoms with E-state index >= 15 is 0 Å². The maximum absolute atomic E-state index is 2.27. The minimum Gasteiger partial charge on any atom is -0.135 e. The van der Waals surface area contributed by atoms with Gasteiger partial charge in [-0.3, -0.25) is 0 Å². The van der Waals surface area contributed by atoms with E-state index in [2.05, 4.69) is 52.8 Å². The lowest BCUT2D eigenvalue weighted by Gasteiger charge is -2.10. The topological polar surface area (TPSA) is 0 Å². The first-order chi connectivity index (χ1) is 8.52. The summed E-state index contributed by atoms with van der Waals surface area (Å²) >= 11 is 1.95. The number of hydrogen-bond donors (Lipinski definition) is 0. The summed E-state index contributed by atoms with van der Waals surface area (Å²) in [6.07, 6.45) is 0. The van der Waals surface area contributed by atoms with Crippen LogP contribution in [0.3, 0.4) is 0 Å². The van der Waals surface area contributed by atoms with Crippen LogP contribution in [-0.4, -0.2) is 0 Å². The van der Waals surface area contributed by atoms with Gasteiger partial charge in [0.05, 0.1) is 0 Å². The zero-order valence-electron chi connectivity index (χ0n) is 11.6. The van der Waals surface area contributed by atoms with Gasteiger partial charge in [0.25, 0.3) is 0 Å². The molecule has 0 unspecified atom stereocenters. The summed E-state index contributed by atoms with van der Waals surface area (Å²) in [5, 5.41) is 2.90. The maximum atomic E-state index is 2.27. The molecule has 2 aromatic carbocycles. The lowest BCUT2D eigenvalue weighted by atomic mass is 9.94. The molecule has 1 heterocycles. The van der Waals surface area contributed by atoms with E-state index in [1.165, 1.54) is 48.0 Å². The summed E-state index contributed by atoms with van der Waals surface area (Å²) in [6, 6.07) is 6.65. The van der Waals surface area contributed by atoms with Crippen molar-refractivity contribution in [3.63, 3.8) is 0 Å². The zero-order chi connectivity index (χ0) is 13.0. The standard InChI is InChI=1S/C17H18S/c1-9-7-6-8-14-15-12(4)10(2)11(3)13(5)17(15)18-16(9)14/h6-8H,1-5H3. The van der Waals surface area contributed by atoms with E-state index in [1.807, 2.05) is 11.3 Å². The Balaban J connectivity index is 2.67. The number of aryl methyl sites for hydroxylation is 3. The van der Waals surface area contributed by atoms with Crippen LogP contribution < -0.4 is 0 Å². The molecule has 0 atom stereocenters. The Kier molecular flexibility index (Phi) is 2.49. The Morgan fingerprint density at radius 3 is 2.11 bits per heavy atom. The number of hydrogen-bond acceptors (Lipinski definition) is 1. The van der Waals surface area contributed by atoms with Crippen LogP contribution in [0.5, 0.6) is 0 Å². The van der Waals surface area contributed by atoms with Crippen molar-refractivity contribution in [2.75, 3.05) is 0 Å². The van der Waals surface area contributed by atoms with Crippen LogP contribution >= 0.6 is 11.3 Å². The van der Waals surface area contributed by atoms with E-state index in [4.69, 9.17) is 0 Å². The van der Waals surface area contributed by atoms with E-state index < -0.39 is 0 Å². The van der Waals surface area contributed by atoms with Crippen molar-refractivity contribution >= 4 is 31.5 Å². The number of rotatable bonds is 0. The summed E-state index contributed by atoms with van der Waals surface area (Å²) in [4.78, 5) is 0. The van der Waals surface area contributed by atoms with Crippen molar-refractivity contribution < 1.29 is 0 Å². The second-order valence-electron chi connectivity index (χ2n) is 5.26. The molecular formula is C17H18S. The largest absolute Gasteiger partial charge is 0.135 e. The third-order valence-corrected chi connectivity index (χ3v) is 5.78. The van der Waals surface area contributed by atoms with Gasteiger partial charge < -0.3 is 0 Å². The van der Waals surface area contributed by atoms with E-state index in [1.54, 1.807) is 0 Å². The fourth-order valence-corrected chi connectivity index (χ4v) is 4.20. The first kappa shape index (κ1) is 11.7. The molecule has 0 aliphatic carbocycles. The van der Waals surface area contributed by atoms with E-state index in [0.29, 0.717) is 0 Å². The Labute approximate surface area is 112 Å². The van der Waals surface area contributed by atoms with E-state index in [-0.39, 0.29) is 0 Å². The normalized spacial score (nSPS) is 11.6. The smallest absolute Gasteiger partial charge is 0.0390 e. The van der Waals surface area contributed by atoms with Gasteiger partial charge in [0.2, 0.25) is 0 Å². The highest BCUT2D eigenvalue weighted by molar-refractivity contribution is 7.26. The molecule has 0 bridgehead atoms. The van der Waals surface area contributed by atoms with Crippen LogP contribution in [0.4, 0.5) is 0 Å². The number of benzene rings is 2. The molecule has 0 fully saturated rings. The lowest BCUT2D eigenvalue weighted by Crippen LogP contribution is -1.91. The van der Waals surface area contributed by atoms with Gasteiger partial charge in [-0.15, -0.1) is 11.3 Å². The average Bonchev–Trinajstić information content (AvgIpc) is 2.75. The summed E-state index contributed by atoms with van der Waals surface area (Å²) in [5.74, 6) is 0. The van der Waals surface area contributed by atoms with Gasteiger partial charge in [-0.05, 0) is 62.4 Å². The van der Waals surface area contributed by atoms with Gasteiger partial charge in [0.1, 0.15) is 0 Å². The third-order valence-electron chi connectivity index (χ3n) is 4.32. The summed E-state index contributed by atoms with van der Waals surface area (Å²) in [7, 11) is 0. The highest BCUT2D eigenvalue weighted by atomic mass is 32.1.